The van der Waals surface area contributed by atoms with Gasteiger partial charge in [0.25, 0.3) is 0 Å². The molecule has 0 aliphatic carbocycles. The molecule has 3 nitrogen and oxygen atoms in total. The lowest BCUT2D eigenvalue weighted by Gasteiger charge is -2.20. The smallest absolute Gasteiger partial charge is 0.0950 e. The van der Waals surface area contributed by atoms with E-state index in [1.807, 2.05) is 6.92 Å². The van der Waals surface area contributed by atoms with Crippen LogP contribution < -0.4 is 5.32 Å². The van der Waals surface area contributed by atoms with E-state index in [9.17, 15) is 0 Å². The fourth-order valence-corrected chi connectivity index (χ4v) is 1.79. The summed E-state index contributed by atoms with van der Waals surface area (Å²) in [6, 6.07) is 9.00. The molecule has 108 valence electrons. The summed E-state index contributed by atoms with van der Waals surface area (Å²) in [5.74, 6) is 0. The second-order valence-corrected chi connectivity index (χ2v) is 5.03. The third-order valence-electron chi connectivity index (χ3n) is 2.91. The van der Waals surface area contributed by atoms with E-state index in [4.69, 9.17) is 9.47 Å². The van der Waals surface area contributed by atoms with Crippen molar-refractivity contribution in [1.29, 1.82) is 0 Å². The number of rotatable bonds is 9. The van der Waals surface area contributed by atoms with Gasteiger partial charge in [-0.25, -0.2) is 0 Å². The predicted octanol–water partition coefficient (Wildman–Crippen LogP) is 3.09. The number of hydrogen-bond donors (Lipinski definition) is 1. The molecule has 0 heterocycles. The standard InChI is InChI=1S/C16H27NO2/c1-5-18-10-11-19-16(12-17-13(2)3)15-8-6-14(4)7-9-15/h6-9,13,16-17H,5,10-12H2,1-4H3. The molecule has 1 atom stereocenters. The summed E-state index contributed by atoms with van der Waals surface area (Å²) < 4.78 is 11.3. The Hall–Kier alpha value is -0.900. The highest BCUT2D eigenvalue weighted by Crippen LogP contribution is 2.17. The topological polar surface area (TPSA) is 30.5 Å². The van der Waals surface area contributed by atoms with Crippen LogP contribution in [0.1, 0.15) is 38.0 Å². The summed E-state index contributed by atoms with van der Waals surface area (Å²) >= 11 is 0. The van der Waals surface area contributed by atoms with Gasteiger partial charge in [-0.15, -0.1) is 0 Å². The van der Waals surface area contributed by atoms with Gasteiger partial charge in [-0.05, 0) is 19.4 Å². The van der Waals surface area contributed by atoms with Gasteiger partial charge in [0.05, 0.1) is 19.3 Å². The molecule has 0 aromatic heterocycles. The molecule has 0 saturated heterocycles. The summed E-state index contributed by atoms with van der Waals surface area (Å²) in [7, 11) is 0. The van der Waals surface area contributed by atoms with Gasteiger partial charge >= 0.3 is 0 Å². The zero-order valence-corrected chi connectivity index (χ0v) is 12.6. The summed E-state index contributed by atoms with van der Waals surface area (Å²) in [5.41, 5.74) is 2.49. The molecule has 0 radical (unpaired) electrons. The lowest BCUT2D eigenvalue weighted by atomic mass is 10.1. The van der Waals surface area contributed by atoms with Crippen molar-refractivity contribution in [3.63, 3.8) is 0 Å². The molecule has 1 N–H and O–H groups in total. The quantitative estimate of drug-likeness (QED) is 0.696. The lowest BCUT2D eigenvalue weighted by Crippen LogP contribution is -2.29. The maximum Gasteiger partial charge on any atom is 0.0950 e. The molecule has 0 spiro atoms. The van der Waals surface area contributed by atoms with E-state index in [-0.39, 0.29) is 6.10 Å². The number of aryl methyl sites for hydroxylation is 1. The first kappa shape index (κ1) is 16.2. The molecule has 0 saturated carbocycles. The molecule has 0 aliphatic rings. The maximum atomic E-state index is 5.93. The average molecular weight is 265 g/mol. The van der Waals surface area contributed by atoms with Gasteiger partial charge in [0.15, 0.2) is 0 Å². The van der Waals surface area contributed by atoms with E-state index >= 15 is 0 Å². The van der Waals surface area contributed by atoms with Crippen molar-refractivity contribution in [1.82, 2.24) is 5.32 Å². The highest BCUT2D eigenvalue weighted by Gasteiger charge is 2.12. The molecule has 19 heavy (non-hydrogen) atoms. The van der Waals surface area contributed by atoms with Crippen LogP contribution in [0.2, 0.25) is 0 Å². The molecule has 1 rings (SSSR count). The van der Waals surface area contributed by atoms with Crippen LogP contribution in [0.15, 0.2) is 24.3 Å². The number of ether oxygens (including phenoxy) is 2. The molecular formula is C16H27NO2. The lowest BCUT2D eigenvalue weighted by molar-refractivity contribution is 0.00617. The van der Waals surface area contributed by atoms with Crippen molar-refractivity contribution in [2.75, 3.05) is 26.4 Å². The molecule has 0 aliphatic heterocycles. The first-order chi connectivity index (χ1) is 9.13. The molecule has 1 unspecified atom stereocenters. The molecule has 1 aromatic carbocycles. The van der Waals surface area contributed by atoms with E-state index in [0.717, 1.165) is 13.2 Å². The predicted molar refractivity (Wildman–Crippen MR) is 79.5 cm³/mol. The maximum absolute atomic E-state index is 5.93. The Morgan fingerprint density at radius 1 is 1.11 bits per heavy atom. The molecule has 0 amide bonds. The van der Waals surface area contributed by atoms with E-state index in [2.05, 4.69) is 50.4 Å². The van der Waals surface area contributed by atoms with E-state index < -0.39 is 0 Å². The van der Waals surface area contributed by atoms with Crippen LogP contribution >= 0.6 is 0 Å². The zero-order valence-electron chi connectivity index (χ0n) is 12.6. The number of nitrogens with one attached hydrogen (secondary N) is 1. The van der Waals surface area contributed by atoms with Crippen LogP contribution in [0.25, 0.3) is 0 Å². The van der Waals surface area contributed by atoms with E-state index in [1.54, 1.807) is 0 Å². The van der Waals surface area contributed by atoms with Crippen molar-refractivity contribution < 1.29 is 9.47 Å². The second kappa shape index (κ2) is 9.08. The third-order valence-corrected chi connectivity index (χ3v) is 2.91. The van der Waals surface area contributed by atoms with Crippen molar-refractivity contribution in [2.24, 2.45) is 0 Å². The fourth-order valence-electron chi connectivity index (χ4n) is 1.79. The van der Waals surface area contributed by atoms with Gasteiger partial charge in [-0.1, -0.05) is 43.7 Å². The van der Waals surface area contributed by atoms with Gasteiger partial charge in [-0.2, -0.15) is 0 Å². The summed E-state index contributed by atoms with van der Waals surface area (Å²) in [6.45, 7) is 11.2. The van der Waals surface area contributed by atoms with Crippen molar-refractivity contribution in [3.8, 4) is 0 Å². The Morgan fingerprint density at radius 3 is 2.37 bits per heavy atom. The summed E-state index contributed by atoms with van der Waals surface area (Å²) in [6.07, 6.45) is 0.0865. The highest BCUT2D eigenvalue weighted by molar-refractivity contribution is 5.23. The second-order valence-electron chi connectivity index (χ2n) is 5.03. The van der Waals surface area contributed by atoms with E-state index in [1.165, 1.54) is 11.1 Å². The fraction of sp³-hybridized carbons (Fsp3) is 0.625. The Bertz CT molecular complexity index is 335. The summed E-state index contributed by atoms with van der Waals surface area (Å²) in [5, 5.41) is 3.43. The monoisotopic (exact) mass is 265 g/mol. The summed E-state index contributed by atoms with van der Waals surface area (Å²) in [4.78, 5) is 0. The van der Waals surface area contributed by atoms with Crippen LogP contribution in [0.5, 0.6) is 0 Å². The molecule has 0 fully saturated rings. The first-order valence-corrected chi connectivity index (χ1v) is 7.12. The Morgan fingerprint density at radius 2 is 1.79 bits per heavy atom. The molecular weight excluding hydrogens is 238 g/mol. The van der Waals surface area contributed by atoms with Crippen LogP contribution in [-0.4, -0.2) is 32.4 Å². The van der Waals surface area contributed by atoms with Crippen LogP contribution in [0.3, 0.4) is 0 Å². The van der Waals surface area contributed by atoms with Crippen molar-refractivity contribution in [3.05, 3.63) is 35.4 Å². The van der Waals surface area contributed by atoms with Gasteiger partial charge in [-0.3, -0.25) is 0 Å². The van der Waals surface area contributed by atoms with Crippen LogP contribution in [0, 0.1) is 6.92 Å². The minimum atomic E-state index is 0.0865. The zero-order chi connectivity index (χ0) is 14.1. The van der Waals surface area contributed by atoms with Gasteiger partial charge in [0.2, 0.25) is 0 Å². The van der Waals surface area contributed by atoms with Gasteiger partial charge < -0.3 is 14.8 Å². The molecule has 0 bridgehead atoms. The van der Waals surface area contributed by atoms with Crippen molar-refractivity contribution in [2.45, 2.75) is 39.8 Å². The first-order valence-electron chi connectivity index (χ1n) is 7.12. The third kappa shape index (κ3) is 6.71. The number of hydrogen-bond acceptors (Lipinski definition) is 3. The van der Waals surface area contributed by atoms with Gasteiger partial charge in [0.1, 0.15) is 0 Å². The van der Waals surface area contributed by atoms with Gasteiger partial charge in [0, 0.05) is 19.2 Å². The van der Waals surface area contributed by atoms with Crippen LogP contribution in [-0.2, 0) is 9.47 Å². The number of benzene rings is 1. The molecule has 1 aromatic rings. The average Bonchev–Trinajstić information content (AvgIpc) is 2.39. The van der Waals surface area contributed by atoms with Crippen molar-refractivity contribution >= 4 is 0 Å². The minimum absolute atomic E-state index is 0.0865. The largest absolute Gasteiger partial charge is 0.379 e. The Kier molecular flexibility index (Phi) is 7.72. The normalized spacial score (nSPS) is 12.9. The van der Waals surface area contributed by atoms with Crippen LogP contribution in [0.4, 0.5) is 0 Å². The molecule has 3 heteroatoms. The minimum Gasteiger partial charge on any atom is -0.379 e. The Labute approximate surface area is 117 Å². The SMILES string of the molecule is CCOCCOC(CNC(C)C)c1ccc(C)cc1. The van der Waals surface area contributed by atoms with E-state index in [0.29, 0.717) is 19.3 Å². The Balaban J connectivity index is 2.54. The highest BCUT2D eigenvalue weighted by atomic mass is 16.5.